The zero-order valence-corrected chi connectivity index (χ0v) is 14.6. The Labute approximate surface area is 154 Å². The van der Waals surface area contributed by atoms with Crippen LogP contribution < -0.4 is 20.5 Å². The van der Waals surface area contributed by atoms with Crippen LogP contribution in [-0.4, -0.2) is 25.0 Å². The predicted octanol–water partition coefficient (Wildman–Crippen LogP) is 2.55. The molecule has 2 amide bonds. The maximum atomic E-state index is 11.8. The first kappa shape index (κ1) is 18.9. The van der Waals surface area contributed by atoms with Crippen LogP contribution in [0, 0.1) is 0 Å². The van der Waals surface area contributed by atoms with Crippen LogP contribution in [0.15, 0.2) is 42.5 Å². The molecule has 0 saturated heterocycles. The fourth-order valence-electron chi connectivity index (χ4n) is 1.87. The molecule has 0 aliphatic rings. The van der Waals surface area contributed by atoms with Crippen molar-refractivity contribution in [1.29, 1.82) is 0 Å². The van der Waals surface area contributed by atoms with Gasteiger partial charge in [0.05, 0.1) is 0 Å². The summed E-state index contributed by atoms with van der Waals surface area (Å²) in [7, 11) is 0. The highest BCUT2D eigenvalue weighted by atomic mass is 35.5. The summed E-state index contributed by atoms with van der Waals surface area (Å²) < 4.78 is 10.5. The van der Waals surface area contributed by atoms with Crippen LogP contribution in [0.5, 0.6) is 11.5 Å². The quantitative estimate of drug-likeness (QED) is 0.733. The van der Waals surface area contributed by atoms with Crippen molar-refractivity contribution < 1.29 is 19.1 Å². The number of halogens is 2. The molecule has 0 fully saturated rings. The Morgan fingerprint density at radius 3 is 2.12 bits per heavy atom. The van der Waals surface area contributed by atoms with E-state index in [0.717, 1.165) is 5.56 Å². The summed E-state index contributed by atoms with van der Waals surface area (Å²) in [5.74, 6) is 0.112. The van der Waals surface area contributed by atoms with Crippen LogP contribution in [0.3, 0.4) is 0 Å². The molecule has 0 bridgehead atoms. The zero-order valence-electron chi connectivity index (χ0n) is 13.1. The molecular formula is C17H16Cl2N2O4. The van der Waals surface area contributed by atoms with Crippen molar-refractivity contribution >= 4 is 35.0 Å². The molecule has 25 heavy (non-hydrogen) atoms. The molecule has 6 nitrogen and oxygen atoms in total. The summed E-state index contributed by atoms with van der Waals surface area (Å²) in [4.78, 5) is 22.5. The van der Waals surface area contributed by atoms with Gasteiger partial charge in [0.15, 0.2) is 13.2 Å². The van der Waals surface area contributed by atoms with E-state index in [0.29, 0.717) is 28.1 Å². The maximum absolute atomic E-state index is 11.8. The standard InChI is InChI=1S/C17H16Cl2N2O4/c18-12-5-13(19)7-15(6-12)25-10-17(23)21-8-11-1-3-14(4-2-11)24-9-16(20)22/h1-7H,8-10H2,(H2,20,22)(H,21,23). The Balaban J connectivity index is 1.76. The van der Waals surface area contributed by atoms with Crippen molar-refractivity contribution in [2.45, 2.75) is 6.54 Å². The Bertz CT molecular complexity index is 731. The molecule has 0 aliphatic carbocycles. The molecule has 2 rings (SSSR count). The Morgan fingerprint density at radius 2 is 1.52 bits per heavy atom. The first-order valence-corrected chi connectivity index (χ1v) is 8.03. The number of carbonyl (C=O) groups excluding carboxylic acids is 2. The fraction of sp³-hybridized carbons (Fsp3) is 0.176. The smallest absolute Gasteiger partial charge is 0.258 e. The second-order valence-corrected chi connectivity index (χ2v) is 5.94. The van der Waals surface area contributed by atoms with E-state index >= 15 is 0 Å². The van der Waals surface area contributed by atoms with Gasteiger partial charge < -0.3 is 20.5 Å². The summed E-state index contributed by atoms with van der Waals surface area (Å²) in [6.07, 6.45) is 0. The Hall–Kier alpha value is -2.44. The van der Waals surface area contributed by atoms with Crippen molar-refractivity contribution in [3.63, 3.8) is 0 Å². The molecule has 0 saturated carbocycles. The Kier molecular flexibility index (Phi) is 6.91. The van der Waals surface area contributed by atoms with Gasteiger partial charge in [-0.15, -0.1) is 0 Å². The maximum Gasteiger partial charge on any atom is 0.258 e. The van der Waals surface area contributed by atoms with Crippen molar-refractivity contribution in [2.24, 2.45) is 5.73 Å². The molecule has 0 heterocycles. The zero-order chi connectivity index (χ0) is 18.2. The van der Waals surface area contributed by atoms with Gasteiger partial charge in [0.2, 0.25) is 0 Å². The minimum Gasteiger partial charge on any atom is -0.484 e. The Morgan fingerprint density at radius 1 is 0.920 bits per heavy atom. The first-order valence-electron chi connectivity index (χ1n) is 7.28. The minimum atomic E-state index is -0.544. The van der Waals surface area contributed by atoms with Crippen LogP contribution in [0.25, 0.3) is 0 Å². The lowest BCUT2D eigenvalue weighted by Gasteiger charge is -2.09. The summed E-state index contributed by atoms with van der Waals surface area (Å²) in [5.41, 5.74) is 5.87. The van der Waals surface area contributed by atoms with Gasteiger partial charge in [-0.1, -0.05) is 35.3 Å². The molecule has 0 aliphatic heterocycles. The van der Waals surface area contributed by atoms with Gasteiger partial charge in [0.1, 0.15) is 11.5 Å². The number of rotatable bonds is 8. The second kappa shape index (κ2) is 9.15. The lowest BCUT2D eigenvalue weighted by molar-refractivity contribution is -0.123. The van der Waals surface area contributed by atoms with Crippen LogP contribution in [0.4, 0.5) is 0 Å². The molecular weight excluding hydrogens is 367 g/mol. The van der Waals surface area contributed by atoms with Gasteiger partial charge in [-0.25, -0.2) is 0 Å². The molecule has 2 aromatic carbocycles. The van der Waals surface area contributed by atoms with E-state index in [1.165, 1.54) is 0 Å². The highest BCUT2D eigenvalue weighted by Gasteiger charge is 2.05. The minimum absolute atomic E-state index is 0.156. The number of hydrogen-bond donors (Lipinski definition) is 2. The highest BCUT2D eigenvalue weighted by molar-refractivity contribution is 6.34. The molecule has 0 unspecified atom stereocenters. The molecule has 132 valence electrons. The summed E-state index contributed by atoms with van der Waals surface area (Å²) in [6.45, 7) is -0.00792. The van der Waals surface area contributed by atoms with Crippen molar-refractivity contribution in [3.05, 3.63) is 58.1 Å². The summed E-state index contributed by atoms with van der Waals surface area (Å²) >= 11 is 11.7. The third-order valence-electron chi connectivity index (χ3n) is 3.00. The molecule has 0 atom stereocenters. The van der Waals surface area contributed by atoms with Gasteiger partial charge in [-0.2, -0.15) is 0 Å². The van der Waals surface area contributed by atoms with Gasteiger partial charge in [-0.3, -0.25) is 9.59 Å². The number of ether oxygens (including phenoxy) is 2. The van der Waals surface area contributed by atoms with Crippen LogP contribution in [0.1, 0.15) is 5.56 Å². The van der Waals surface area contributed by atoms with E-state index in [2.05, 4.69) is 5.32 Å². The normalized spacial score (nSPS) is 10.2. The summed E-state index contributed by atoms with van der Waals surface area (Å²) in [5, 5.41) is 3.59. The molecule has 0 radical (unpaired) electrons. The van der Waals surface area contributed by atoms with Crippen LogP contribution >= 0.6 is 23.2 Å². The van der Waals surface area contributed by atoms with E-state index in [4.69, 9.17) is 38.4 Å². The van der Waals surface area contributed by atoms with Gasteiger partial charge >= 0.3 is 0 Å². The van der Waals surface area contributed by atoms with Gasteiger partial charge in [0, 0.05) is 16.6 Å². The van der Waals surface area contributed by atoms with Crippen LogP contribution in [0.2, 0.25) is 10.0 Å². The molecule has 0 aromatic heterocycles. The largest absolute Gasteiger partial charge is 0.484 e. The van der Waals surface area contributed by atoms with Crippen LogP contribution in [-0.2, 0) is 16.1 Å². The van der Waals surface area contributed by atoms with Crippen molar-refractivity contribution in [3.8, 4) is 11.5 Å². The van der Waals surface area contributed by atoms with E-state index in [9.17, 15) is 9.59 Å². The summed E-state index contributed by atoms with van der Waals surface area (Å²) in [6, 6.07) is 11.6. The van der Waals surface area contributed by atoms with Crippen molar-refractivity contribution in [1.82, 2.24) is 5.32 Å². The van der Waals surface area contributed by atoms with Gasteiger partial charge in [0.25, 0.3) is 11.8 Å². The number of primary amides is 1. The fourth-order valence-corrected chi connectivity index (χ4v) is 2.38. The topological polar surface area (TPSA) is 90.7 Å². The first-order chi connectivity index (χ1) is 11.9. The number of nitrogens with two attached hydrogens (primary N) is 1. The number of amides is 2. The van der Waals surface area contributed by atoms with E-state index < -0.39 is 5.91 Å². The lowest BCUT2D eigenvalue weighted by atomic mass is 10.2. The monoisotopic (exact) mass is 382 g/mol. The van der Waals surface area contributed by atoms with E-state index in [-0.39, 0.29) is 19.1 Å². The third-order valence-corrected chi connectivity index (χ3v) is 3.44. The number of nitrogens with one attached hydrogen (secondary N) is 1. The molecule has 8 heteroatoms. The number of carbonyl (C=O) groups is 2. The SMILES string of the molecule is NC(=O)COc1ccc(CNC(=O)COc2cc(Cl)cc(Cl)c2)cc1. The predicted molar refractivity (Wildman–Crippen MR) is 94.9 cm³/mol. The molecule has 3 N–H and O–H groups in total. The number of hydrogen-bond acceptors (Lipinski definition) is 4. The van der Waals surface area contributed by atoms with E-state index in [1.54, 1.807) is 42.5 Å². The number of benzene rings is 2. The highest BCUT2D eigenvalue weighted by Crippen LogP contribution is 2.24. The third kappa shape index (κ3) is 6.91. The second-order valence-electron chi connectivity index (χ2n) is 5.07. The molecule has 2 aromatic rings. The average Bonchev–Trinajstić information content (AvgIpc) is 2.56. The van der Waals surface area contributed by atoms with Crippen molar-refractivity contribution in [2.75, 3.05) is 13.2 Å². The van der Waals surface area contributed by atoms with E-state index in [1.807, 2.05) is 0 Å². The lowest BCUT2D eigenvalue weighted by Crippen LogP contribution is -2.28. The van der Waals surface area contributed by atoms with Gasteiger partial charge in [-0.05, 0) is 35.9 Å². The average molecular weight is 383 g/mol. The molecule has 0 spiro atoms.